The first-order valence-corrected chi connectivity index (χ1v) is 5.91. The van der Waals surface area contributed by atoms with E-state index in [-0.39, 0.29) is 12.2 Å². The quantitative estimate of drug-likeness (QED) is 0.880. The SMILES string of the molecule is Cn1ccnc1CCNc1c(F)cc(C(=O)O)cc1F. The lowest BCUT2D eigenvalue weighted by Crippen LogP contribution is -2.11. The molecule has 1 heterocycles. The predicted molar refractivity (Wildman–Crippen MR) is 68.7 cm³/mol. The van der Waals surface area contributed by atoms with E-state index in [1.54, 1.807) is 12.4 Å². The van der Waals surface area contributed by atoms with Gasteiger partial charge in [0.05, 0.1) is 5.56 Å². The molecule has 0 aliphatic carbocycles. The molecule has 0 radical (unpaired) electrons. The van der Waals surface area contributed by atoms with Crippen LogP contribution in [-0.4, -0.2) is 27.2 Å². The first kappa shape index (κ1) is 14.0. The summed E-state index contributed by atoms with van der Waals surface area (Å²) in [5.41, 5.74) is -0.751. The maximum atomic E-state index is 13.6. The van der Waals surface area contributed by atoms with Gasteiger partial charge in [-0.2, -0.15) is 0 Å². The Labute approximate surface area is 113 Å². The van der Waals surface area contributed by atoms with Gasteiger partial charge in [-0.25, -0.2) is 18.6 Å². The average Bonchev–Trinajstić information content (AvgIpc) is 2.78. The molecule has 0 atom stereocenters. The number of aryl methyl sites for hydroxylation is 1. The average molecular weight is 281 g/mol. The number of anilines is 1. The molecule has 0 unspecified atom stereocenters. The minimum Gasteiger partial charge on any atom is -0.478 e. The van der Waals surface area contributed by atoms with Crippen molar-refractivity contribution in [2.24, 2.45) is 7.05 Å². The summed E-state index contributed by atoms with van der Waals surface area (Å²) in [4.78, 5) is 14.7. The van der Waals surface area contributed by atoms with Crippen molar-refractivity contribution in [3.05, 3.63) is 47.5 Å². The van der Waals surface area contributed by atoms with E-state index in [9.17, 15) is 13.6 Å². The van der Waals surface area contributed by atoms with Crippen LogP contribution in [0.4, 0.5) is 14.5 Å². The van der Waals surface area contributed by atoms with Gasteiger partial charge in [-0.1, -0.05) is 0 Å². The van der Waals surface area contributed by atoms with Gasteiger partial charge in [-0.3, -0.25) is 0 Å². The van der Waals surface area contributed by atoms with Crippen LogP contribution in [0.15, 0.2) is 24.5 Å². The fraction of sp³-hybridized carbons (Fsp3) is 0.231. The smallest absolute Gasteiger partial charge is 0.335 e. The van der Waals surface area contributed by atoms with Crippen molar-refractivity contribution in [1.82, 2.24) is 9.55 Å². The topological polar surface area (TPSA) is 67.2 Å². The molecule has 0 aliphatic rings. The molecule has 2 N–H and O–H groups in total. The molecule has 0 aliphatic heterocycles. The Morgan fingerprint density at radius 2 is 2.05 bits per heavy atom. The third-order valence-electron chi connectivity index (χ3n) is 2.86. The van der Waals surface area contributed by atoms with Crippen molar-refractivity contribution < 1.29 is 18.7 Å². The molecule has 20 heavy (non-hydrogen) atoms. The highest BCUT2D eigenvalue weighted by molar-refractivity contribution is 5.88. The van der Waals surface area contributed by atoms with Gasteiger partial charge >= 0.3 is 5.97 Å². The van der Waals surface area contributed by atoms with E-state index >= 15 is 0 Å². The lowest BCUT2D eigenvalue weighted by Gasteiger charge is -2.09. The van der Waals surface area contributed by atoms with Crippen LogP contribution in [0, 0.1) is 11.6 Å². The van der Waals surface area contributed by atoms with E-state index in [0.29, 0.717) is 6.42 Å². The van der Waals surface area contributed by atoms with Gasteiger partial charge in [0.2, 0.25) is 0 Å². The molecule has 5 nitrogen and oxygen atoms in total. The van der Waals surface area contributed by atoms with Crippen LogP contribution in [0.3, 0.4) is 0 Å². The van der Waals surface area contributed by atoms with Gasteiger partial charge in [0.25, 0.3) is 0 Å². The van der Waals surface area contributed by atoms with Gasteiger partial charge in [0.15, 0.2) is 0 Å². The van der Waals surface area contributed by atoms with Crippen molar-refractivity contribution in [2.45, 2.75) is 6.42 Å². The number of carboxylic acids is 1. The van der Waals surface area contributed by atoms with E-state index < -0.39 is 23.2 Å². The number of halogens is 2. The standard InChI is InChI=1S/C13H13F2N3O2/c1-18-5-4-16-11(18)2-3-17-12-9(14)6-8(13(19)20)7-10(12)15/h4-7,17H,2-3H2,1H3,(H,19,20). The second-order valence-corrected chi connectivity index (χ2v) is 4.25. The second kappa shape index (κ2) is 5.68. The van der Waals surface area contributed by atoms with Gasteiger partial charge < -0.3 is 15.0 Å². The molecular weight excluding hydrogens is 268 g/mol. The van der Waals surface area contributed by atoms with Crippen LogP contribution >= 0.6 is 0 Å². The number of benzene rings is 1. The summed E-state index contributed by atoms with van der Waals surface area (Å²) in [7, 11) is 1.82. The van der Waals surface area contributed by atoms with Crippen molar-refractivity contribution in [3.8, 4) is 0 Å². The van der Waals surface area contributed by atoms with Gasteiger partial charge in [0, 0.05) is 32.4 Å². The van der Waals surface area contributed by atoms with Gasteiger partial charge in [-0.15, -0.1) is 0 Å². The summed E-state index contributed by atoms with van der Waals surface area (Å²) >= 11 is 0. The van der Waals surface area contributed by atoms with Gasteiger partial charge in [0.1, 0.15) is 23.1 Å². The summed E-state index contributed by atoms with van der Waals surface area (Å²) in [6.07, 6.45) is 3.90. The monoisotopic (exact) mass is 281 g/mol. The van der Waals surface area contributed by atoms with E-state index in [4.69, 9.17) is 5.11 Å². The van der Waals surface area contributed by atoms with Gasteiger partial charge in [-0.05, 0) is 12.1 Å². The zero-order chi connectivity index (χ0) is 14.7. The highest BCUT2D eigenvalue weighted by Crippen LogP contribution is 2.20. The van der Waals surface area contributed by atoms with E-state index in [0.717, 1.165) is 18.0 Å². The molecule has 0 saturated carbocycles. The number of aromatic carboxylic acids is 1. The number of aromatic nitrogens is 2. The normalized spacial score (nSPS) is 10.6. The van der Waals surface area contributed by atoms with Crippen molar-refractivity contribution in [2.75, 3.05) is 11.9 Å². The number of rotatable bonds is 5. The number of carboxylic acid groups (broad SMARTS) is 1. The van der Waals surface area contributed by atoms with Crippen molar-refractivity contribution >= 4 is 11.7 Å². The summed E-state index contributed by atoms with van der Waals surface area (Å²) in [5, 5.41) is 11.3. The largest absolute Gasteiger partial charge is 0.478 e. The summed E-state index contributed by atoms with van der Waals surface area (Å²) in [6.45, 7) is 0.283. The van der Waals surface area contributed by atoms with Crippen LogP contribution in [0.1, 0.15) is 16.2 Å². The van der Waals surface area contributed by atoms with Crippen LogP contribution in [-0.2, 0) is 13.5 Å². The maximum absolute atomic E-state index is 13.6. The fourth-order valence-corrected chi connectivity index (χ4v) is 1.80. The summed E-state index contributed by atoms with van der Waals surface area (Å²) < 4.78 is 29.1. The molecule has 0 spiro atoms. The molecule has 0 saturated heterocycles. The van der Waals surface area contributed by atoms with Crippen LogP contribution in [0.5, 0.6) is 0 Å². The number of imidazole rings is 1. The number of hydrogen-bond acceptors (Lipinski definition) is 3. The van der Waals surface area contributed by atoms with Crippen molar-refractivity contribution in [1.29, 1.82) is 0 Å². The molecule has 0 bridgehead atoms. The molecule has 0 fully saturated rings. The fourth-order valence-electron chi connectivity index (χ4n) is 1.80. The minimum absolute atomic E-state index is 0.283. The Morgan fingerprint density at radius 1 is 1.40 bits per heavy atom. The Morgan fingerprint density at radius 3 is 2.55 bits per heavy atom. The first-order valence-electron chi connectivity index (χ1n) is 5.91. The van der Waals surface area contributed by atoms with Crippen LogP contribution in [0.25, 0.3) is 0 Å². The lowest BCUT2D eigenvalue weighted by atomic mass is 10.2. The number of nitrogens with one attached hydrogen (secondary N) is 1. The lowest BCUT2D eigenvalue weighted by molar-refractivity contribution is 0.0696. The Kier molecular flexibility index (Phi) is 3.97. The minimum atomic E-state index is -1.37. The second-order valence-electron chi connectivity index (χ2n) is 4.25. The molecule has 1 aromatic heterocycles. The predicted octanol–water partition coefficient (Wildman–Crippen LogP) is 2.05. The highest BCUT2D eigenvalue weighted by Gasteiger charge is 2.14. The number of hydrogen-bond donors (Lipinski definition) is 2. The molecule has 106 valence electrons. The zero-order valence-corrected chi connectivity index (χ0v) is 10.7. The molecule has 7 heteroatoms. The zero-order valence-electron chi connectivity index (χ0n) is 10.7. The molecule has 2 aromatic rings. The summed E-state index contributed by atoms with van der Waals surface area (Å²) in [5.74, 6) is -2.45. The molecular formula is C13H13F2N3O2. The van der Waals surface area contributed by atoms with E-state index in [1.807, 2.05) is 11.6 Å². The third kappa shape index (κ3) is 2.93. The molecule has 2 rings (SSSR count). The van der Waals surface area contributed by atoms with E-state index in [1.165, 1.54) is 0 Å². The molecule has 1 aromatic carbocycles. The summed E-state index contributed by atoms with van der Waals surface area (Å²) in [6, 6.07) is 1.57. The molecule has 0 amide bonds. The van der Waals surface area contributed by atoms with Crippen LogP contribution in [0.2, 0.25) is 0 Å². The highest BCUT2D eigenvalue weighted by atomic mass is 19.1. The Bertz CT molecular complexity index is 617. The Balaban J connectivity index is 2.06. The third-order valence-corrected chi connectivity index (χ3v) is 2.86. The number of carbonyl (C=O) groups is 1. The van der Waals surface area contributed by atoms with Crippen LogP contribution < -0.4 is 5.32 Å². The maximum Gasteiger partial charge on any atom is 0.335 e. The first-order chi connectivity index (χ1) is 9.49. The van der Waals surface area contributed by atoms with Crippen molar-refractivity contribution in [3.63, 3.8) is 0 Å². The Hall–Kier alpha value is -2.44. The van der Waals surface area contributed by atoms with E-state index in [2.05, 4.69) is 10.3 Å². The number of nitrogens with zero attached hydrogens (tertiary/aromatic N) is 2.